The first kappa shape index (κ1) is 15.4. The van der Waals surface area contributed by atoms with Crippen LogP contribution in [0.3, 0.4) is 0 Å². The number of para-hydroxylation sites is 1. The third-order valence-corrected chi connectivity index (χ3v) is 4.56. The summed E-state index contributed by atoms with van der Waals surface area (Å²) in [4.78, 5) is 29.7. The van der Waals surface area contributed by atoms with Gasteiger partial charge < -0.3 is 5.32 Å². The molecule has 3 rings (SSSR count). The SMILES string of the molecule is Cc1cnc(NC(=O)c2ccccc2NC(=O)c2ccsc2)s1. The fraction of sp³-hybridized carbons (Fsp3) is 0.0625. The van der Waals surface area contributed by atoms with Crippen molar-refractivity contribution in [2.45, 2.75) is 6.92 Å². The Morgan fingerprint density at radius 1 is 1.09 bits per heavy atom. The highest BCUT2D eigenvalue weighted by atomic mass is 32.1. The van der Waals surface area contributed by atoms with Crippen LogP contribution in [0.4, 0.5) is 10.8 Å². The highest BCUT2D eigenvalue weighted by Crippen LogP contribution is 2.21. The first-order valence-electron chi connectivity index (χ1n) is 6.80. The van der Waals surface area contributed by atoms with Gasteiger partial charge in [0.15, 0.2) is 5.13 Å². The number of carbonyl (C=O) groups excluding carboxylic acids is 2. The largest absolute Gasteiger partial charge is 0.321 e. The van der Waals surface area contributed by atoms with Crippen molar-refractivity contribution in [3.63, 3.8) is 0 Å². The molecular formula is C16H13N3O2S2. The van der Waals surface area contributed by atoms with Crippen LogP contribution in [0.1, 0.15) is 25.6 Å². The van der Waals surface area contributed by atoms with Gasteiger partial charge in [0.1, 0.15) is 0 Å². The van der Waals surface area contributed by atoms with E-state index in [1.807, 2.05) is 12.3 Å². The van der Waals surface area contributed by atoms with E-state index in [-0.39, 0.29) is 11.8 Å². The number of nitrogens with zero attached hydrogens (tertiary/aromatic N) is 1. The number of aromatic nitrogens is 1. The molecule has 0 saturated heterocycles. The van der Waals surface area contributed by atoms with Gasteiger partial charge in [-0.05, 0) is 30.5 Å². The number of thiazole rings is 1. The van der Waals surface area contributed by atoms with E-state index in [1.54, 1.807) is 41.9 Å². The maximum Gasteiger partial charge on any atom is 0.259 e. The number of anilines is 2. The van der Waals surface area contributed by atoms with Crippen LogP contribution in [0.5, 0.6) is 0 Å². The summed E-state index contributed by atoms with van der Waals surface area (Å²) in [5.41, 5.74) is 1.43. The van der Waals surface area contributed by atoms with Crippen molar-refractivity contribution in [2.75, 3.05) is 10.6 Å². The lowest BCUT2D eigenvalue weighted by molar-refractivity contribution is 0.102. The molecule has 7 heteroatoms. The zero-order valence-electron chi connectivity index (χ0n) is 12.2. The van der Waals surface area contributed by atoms with Crippen molar-refractivity contribution in [1.29, 1.82) is 0 Å². The molecule has 116 valence electrons. The monoisotopic (exact) mass is 343 g/mol. The highest BCUT2D eigenvalue weighted by molar-refractivity contribution is 7.15. The van der Waals surface area contributed by atoms with Crippen molar-refractivity contribution in [2.24, 2.45) is 0 Å². The molecule has 5 nitrogen and oxygen atoms in total. The third kappa shape index (κ3) is 3.64. The van der Waals surface area contributed by atoms with Crippen LogP contribution < -0.4 is 10.6 Å². The van der Waals surface area contributed by atoms with E-state index < -0.39 is 0 Å². The lowest BCUT2D eigenvalue weighted by Gasteiger charge is -2.10. The van der Waals surface area contributed by atoms with Gasteiger partial charge in [0.25, 0.3) is 11.8 Å². The van der Waals surface area contributed by atoms with E-state index in [0.29, 0.717) is 21.9 Å². The molecule has 0 fully saturated rings. The molecule has 2 amide bonds. The topological polar surface area (TPSA) is 71.1 Å². The molecule has 0 atom stereocenters. The van der Waals surface area contributed by atoms with Crippen LogP contribution in [0.2, 0.25) is 0 Å². The van der Waals surface area contributed by atoms with Gasteiger partial charge in [0, 0.05) is 16.5 Å². The van der Waals surface area contributed by atoms with Gasteiger partial charge >= 0.3 is 0 Å². The number of hydrogen-bond donors (Lipinski definition) is 2. The minimum absolute atomic E-state index is 0.239. The van der Waals surface area contributed by atoms with Crippen molar-refractivity contribution >= 4 is 45.3 Å². The number of carbonyl (C=O) groups is 2. The fourth-order valence-corrected chi connectivity index (χ4v) is 3.25. The summed E-state index contributed by atoms with van der Waals surface area (Å²) in [7, 11) is 0. The van der Waals surface area contributed by atoms with Crippen molar-refractivity contribution in [1.82, 2.24) is 4.98 Å². The Hall–Kier alpha value is -2.51. The molecule has 2 N–H and O–H groups in total. The molecule has 0 spiro atoms. The third-order valence-electron chi connectivity index (χ3n) is 3.04. The number of amides is 2. The Morgan fingerprint density at radius 3 is 2.61 bits per heavy atom. The number of benzene rings is 1. The summed E-state index contributed by atoms with van der Waals surface area (Å²) >= 11 is 2.85. The second-order valence-corrected chi connectivity index (χ2v) is 6.76. The van der Waals surface area contributed by atoms with Gasteiger partial charge in [0.2, 0.25) is 0 Å². The average molecular weight is 343 g/mol. The van der Waals surface area contributed by atoms with E-state index >= 15 is 0 Å². The second-order valence-electron chi connectivity index (χ2n) is 4.74. The van der Waals surface area contributed by atoms with Crippen molar-refractivity contribution in [3.05, 3.63) is 63.3 Å². The Bertz CT molecular complexity index is 841. The molecule has 0 bridgehead atoms. The molecule has 0 saturated carbocycles. The van der Waals surface area contributed by atoms with Crippen molar-refractivity contribution < 1.29 is 9.59 Å². The lowest BCUT2D eigenvalue weighted by Crippen LogP contribution is -2.17. The summed E-state index contributed by atoms with van der Waals surface area (Å²) in [6, 6.07) is 8.63. The summed E-state index contributed by atoms with van der Waals surface area (Å²) in [5, 5.41) is 9.65. The van der Waals surface area contributed by atoms with Crippen LogP contribution in [0, 0.1) is 6.92 Å². The summed E-state index contributed by atoms with van der Waals surface area (Å²) in [6.45, 7) is 1.92. The first-order chi connectivity index (χ1) is 11.1. The number of hydrogen-bond acceptors (Lipinski definition) is 5. The van der Waals surface area contributed by atoms with E-state index in [2.05, 4.69) is 15.6 Å². The molecule has 1 aromatic carbocycles. The summed E-state index contributed by atoms with van der Waals surface area (Å²) < 4.78 is 0. The second kappa shape index (κ2) is 6.72. The minimum Gasteiger partial charge on any atom is -0.321 e. The molecule has 2 heterocycles. The number of thiophene rings is 1. The van der Waals surface area contributed by atoms with Gasteiger partial charge in [-0.2, -0.15) is 11.3 Å². The Morgan fingerprint density at radius 2 is 1.91 bits per heavy atom. The quantitative estimate of drug-likeness (QED) is 0.751. The molecule has 0 aliphatic rings. The molecule has 2 aromatic heterocycles. The zero-order chi connectivity index (χ0) is 16.2. The molecule has 0 unspecified atom stereocenters. The van der Waals surface area contributed by atoms with Gasteiger partial charge in [0.05, 0.1) is 16.8 Å². The number of rotatable bonds is 4. The van der Waals surface area contributed by atoms with Crippen LogP contribution in [-0.2, 0) is 0 Å². The van der Waals surface area contributed by atoms with Gasteiger partial charge in [-0.25, -0.2) is 4.98 Å². The normalized spacial score (nSPS) is 10.3. The zero-order valence-corrected chi connectivity index (χ0v) is 13.8. The molecule has 0 aliphatic carbocycles. The van der Waals surface area contributed by atoms with Crippen LogP contribution >= 0.6 is 22.7 Å². The molecular weight excluding hydrogens is 330 g/mol. The Balaban J connectivity index is 1.80. The predicted octanol–water partition coefficient (Wildman–Crippen LogP) is 4.02. The fourth-order valence-electron chi connectivity index (χ4n) is 1.96. The van der Waals surface area contributed by atoms with Crippen LogP contribution in [-0.4, -0.2) is 16.8 Å². The smallest absolute Gasteiger partial charge is 0.259 e. The van der Waals surface area contributed by atoms with Gasteiger partial charge in [-0.1, -0.05) is 12.1 Å². The van der Waals surface area contributed by atoms with E-state index in [0.717, 1.165) is 4.88 Å². The Kier molecular flexibility index (Phi) is 4.50. The number of aryl methyl sites for hydroxylation is 1. The maximum atomic E-state index is 12.4. The lowest BCUT2D eigenvalue weighted by atomic mass is 10.1. The van der Waals surface area contributed by atoms with Crippen LogP contribution in [0.25, 0.3) is 0 Å². The molecule has 23 heavy (non-hydrogen) atoms. The average Bonchev–Trinajstić information content (AvgIpc) is 3.19. The first-order valence-corrected chi connectivity index (χ1v) is 8.56. The van der Waals surface area contributed by atoms with Gasteiger partial charge in [-0.15, -0.1) is 11.3 Å². The van der Waals surface area contributed by atoms with Gasteiger partial charge in [-0.3, -0.25) is 14.9 Å². The summed E-state index contributed by atoms with van der Waals surface area (Å²) in [6.07, 6.45) is 1.70. The van der Waals surface area contributed by atoms with Crippen LogP contribution in [0.15, 0.2) is 47.3 Å². The Labute approximate surface area is 141 Å². The number of nitrogens with one attached hydrogen (secondary N) is 2. The maximum absolute atomic E-state index is 12.4. The van der Waals surface area contributed by atoms with E-state index in [9.17, 15) is 9.59 Å². The minimum atomic E-state index is -0.305. The van der Waals surface area contributed by atoms with E-state index in [1.165, 1.54) is 22.7 Å². The molecule has 0 aliphatic heterocycles. The predicted molar refractivity (Wildman–Crippen MR) is 93.5 cm³/mol. The molecule has 3 aromatic rings. The summed E-state index contributed by atoms with van der Waals surface area (Å²) in [5.74, 6) is -0.544. The molecule has 0 radical (unpaired) electrons. The van der Waals surface area contributed by atoms with Crippen molar-refractivity contribution in [3.8, 4) is 0 Å². The standard InChI is InChI=1S/C16H13N3O2S2/c1-10-8-17-16(23-10)19-15(21)12-4-2-3-5-13(12)18-14(20)11-6-7-22-9-11/h2-9H,1H3,(H,18,20)(H,17,19,21). The van der Waals surface area contributed by atoms with E-state index in [4.69, 9.17) is 0 Å². The highest BCUT2D eigenvalue weighted by Gasteiger charge is 2.15.